The molecule has 31 heavy (non-hydrogen) atoms. The van der Waals surface area contributed by atoms with Gasteiger partial charge in [-0.25, -0.2) is 0 Å². The number of nitrogens with one attached hydrogen (secondary N) is 1. The van der Waals surface area contributed by atoms with Crippen molar-refractivity contribution in [2.45, 2.75) is 33.3 Å². The number of ether oxygens (including phenoxy) is 2. The van der Waals surface area contributed by atoms with Crippen LogP contribution in [0.1, 0.15) is 38.8 Å². The SMILES string of the molecule is COc1ccccc1Nc1nc(N)nc(COC(=O)CCC(=O)c2cc(C)sc2C)n1. The first-order valence-electron chi connectivity index (χ1n) is 9.52. The number of Topliss-reactive ketones (excluding diaryl/α,β-unsaturated/α-hetero) is 1. The number of anilines is 3. The van der Waals surface area contributed by atoms with E-state index in [2.05, 4.69) is 20.3 Å². The van der Waals surface area contributed by atoms with Crippen molar-refractivity contribution >= 4 is 40.7 Å². The molecular weight excluding hydrogens is 418 g/mol. The van der Waals surface area contributed by atoms with Gasteiger partial charge in [-0.2, -0.15) is 15.0 Å². The van der Waals surface area contributed by atoms with Gasteiger partial charge >= 0.3 is 5.97 Å². The van der Waals surface area contributed by atoms with Gasteiger partial charge in [-0.15, -0.1) is 11.3 Å². The van der Waals surface area contributed by atoms with Gasteiger partial charge in [0.2, 0.25) is 11.9 Å². The Hall–Kier alpha value is -3.53. The van der Waals surface area contributed by atoms with E-state index in [1.807, 2.05) is 32.0 Å². The summed E-state index contributed by atoms with van der Waals surface area (Å²) in [5.74, 6) is 0.380. The van der Waals surface area contributed by atoms with Crippen LogP contribution < -0.4 is 15.8 Å². The minimum absolute atomic E-state index is 0.0167. The average Bonchev–Trinajstić information content (AvgIpc) is 3.08. The lowest BCUT2D eigenvalue weighted by Gasteiger charge is -2.10. The van der Waals surface area contributed by atoms with Crippen LogP contribution in [0.3, 0.4) is 0 Å². The van der Waals surface area contributed by atoms with E-state index in [1.54, 1.807) is 30.6 Å². The van der Waals surface area contributed by atoms with Crippen molar-refractivity contribution < 1.29 is 19.1 Å². The maximum absolute atomic E-state index is 12.3. The van der Waals surface area contributed by atoms with E-state index < -0.39 is 5.97 Å². The summed E-state index contributed by atoms with van der Waals surface area (Å²) >= 11 is 1.56. The Kier molecular flexibility index (Phi) is 7.14. The molecule has 0 radical (unpaired) electrons. The molecule has 0 unspecified atom stereocenters. The van der Waals surface area contributed by atoms with Gasteiger partial charge in [0.05, 0.1) is 19.2 Å². The zero-order valence-corrected chi connectivity index (χ0v) is 18.3. The number of nitrogens with zero attached hydrogens (tertiary/aromatic N) is 3. The highest BCUT2D eigenvalue weighted by atomic mass is 32.1. The number of aryl methyl sites for hydroxylation is 2. The van der Waals surface area contributed by atoms with Crippen molar-refractivity contribution in [2.75, 3.05) is 18.2 Å². The number of ketones is 1. The highest BCUT2D eigenvalue weighted by molar-refractivity contribution is 7.12. The van der Waals surface area contributed by atoms with Crippen LogP contribution in [0.2, 0.25) is 0 Å². The fourth-order valence-corrected chi connectivity index (χ4v) is 3.84. The molecule has 9 nitrogen and oxygen atoms in total. The molecule has 0 amide bonds. The Labute approximate surface area is 183 Å². The number of nitrogen functional groups attached to an aromatic ring is 1. The van der Waals surface area contributed by atoms with Gasteiger partial charge < -0.3 is 20.5 Å². The van der Waals surface area contributed by atoms with E-state index in [4.69, 9.17) is 15.2 Å². The summed E-state index contributed by atoms with van der Waals surface area (Å²) in [5, 5.41) is 3.01. The first-order valence-corrected chi connectivity index (χ1v) is 10.3. The van der Waals surface area contributed by atoms with Gasteiger partial charge in [0.15, 0.2) is 18.2 Å². The number of esters is 1. The van der Waals surface area contributed by atoms with E-state index in [9.17, 15) is 9.59 Å². The fourth-order valence-electron chi connectivity index (χ4n) is 2.90. The fraction of sp³-hybridized carbons (Fsp3) is 0.286. The van der Waals surface area contributed by atoms with Crippen molar-refractivity contribution in [1.82, 2.24) is 15.0 Å². The molecule has 3 N–H and O–H groups in total. The van der Waals surface area contributed by atoms with E-state index in [-0.39, 0.29) is 43.0 Å². The number of methoxy groups -OCH3 is 1. The molecule has 2 aromatic heterocycles. The zero-order valence-electron chi connectivity index (χ0n) is 17.5. The molecule has 3 aromatic rings. The van der Waals surface area contributed by atoms with Crippen LogP contribution in [0.15, 0.2) is 30.3 Å². The van der Waals surface area contributed by atoms with Crippen molar-refractivity contribution in [3.8, 4) is 5.75 Å². The third-order valence-electron chi connectivity index (χ3n) is 4.31. The van der Waals surface area contributed by atoms with E-state index >= 15 is 0 Å². The number of rotatable bonds is 9. The molecule has 0 spiro atoms. The van der Waals surface area contributed by atoms with Gasteiger partial charge in [0.1, 0.15) is 5.75 Å². The van der Waals surface area contributed by atoms with Crippen molar-refractivity contribution in [2.24, 2.45) is 0 Å². The van der Waals surface area contributed by atoms with Gasteiger partial charge in [0, 0.05) is 21.7 Å². The molecule has 0 saturated heterocycles. The molecule has 0 aliphatic carbocycles. The van der Waals surface area contributed by atoms with Crippen LogP contribution in [0.25, 0.3) is 0 Å². The second-order valence-electron chi connectivity index (χ2n) is 6.67. The molecule has 0 aliphatic heterocycles. The van der Waals surface area contributed by atoms with Gasteiger partial charge in [-0.05, 0) is 32.0 Å². The van der Waals surface area contributed by atoms with Crippen LogP contribution in [-0.2, 0) is 16.1 Å². The highest BCUT2D eigenvalue weighted by Crippen LogP contribution is 2.26. The van der Waals surface area contributed by atoms with Crippen LogP contribution in [0.5, 0.6) is 5.75 Å². The smallest absolute Gasteiger partial charge is 0.306 e. The molecule has 0 fully saturated rings. The molecule has 0 saturated carbocycles. The van der Waals surface area contributed by atoms with Crippen molar-refractivity contribution in [1.29, 1.82) is 0 Å². The number of carbonyl (C=O) groups is 2. The summed E-state index contributed by atoms with van der Waals surface area (Å²) in [6, 6.07) is 9.10. The van der Waals surface area contributed by atoms with Crippen molar-refractivity contribution in [3.63, 3.8) is 0 Å². The zero-order chi connectivity index (χ0) is 22.4. The number of aromatic nitrogens is 3. The van der Waals surface area contributed by atoms with Gasteiger partial charge in [-0.1, -0.05) is 12.1 Å². The lowest BCUT2D eigenvalue weighted by atomic mass is 10.1. The molecule has 162 valence electrons. The minimum atomic E-state index is -0.517. The number of para-hydroxylation sites is 2. The molecular formula is C21H23N5O4S. The van der Waals surface area contributed by atoms with Crippen LogP contribution >= 0.6 is 11.3 Å². The third-order valence-corrected chi connectivity index (χ3v) is 5.28. The topological polar surface area (TPSA) is 129 Å². The highest BCUT2D eigenvalue weighted by Gasteiger charge is 2.15. The largest absolute Gasteiger partial charge is 0.495 e. The van der Waals surface area contributed by atoms with Crippen LogP contribution in [-0.4, -0.2) is 33.8 Å². The molecule has 0 aliphatic rings. The maximum Gasteiger partial charge on any atom is 0.306 e. The summed E-state index contributed by atoms with van der Waals surface area (Å²) in [4.78, 5) is 38.6. The lowest BCUT2D eigenvalue weighted by Crippen LogP contribution is -2.12. The molecule has 1 aromatic carbocycles. The first-order chi connectivity index (χ1) is 14.9. The molecule has 0 atom stereocenters. The minimum Gasteiger partial charge on any atom is -0.495 e. The van der Waals surface area contributed by atoms with Gasteiger partial charge in [0.25, 0.3) is 0 Å². The summed E-state index contributed by atoms with van der Waals surface area (Å²) in [5.41, 5.74) is 7.06. The normalized spacial score (nSPS) is 10.5. The second-order valence-corrected chi connectivity index (χ2v) is 8.13. The Morgan fingerprint density at radius 3 is 2.61 bits per heavy atom. The summed E-state index contributed by atoms with van der Waals surface area (Å²) in [6.07, 6.45) is 0.0514. The molecule has 3 rings (SSSR count). The molecule has 0 bridgehead atoms. The molecule has 10 heteroatoms. The Morgan fingerprint density at radius 1 is 1.13 bits per heavy atom. The van der Waals surface area contributed by atoms with Crippen LogP contribution in [0.4, 0.5) is 17.6 Å². The predicted octanol–water partition coefficient (Wildman–Crippen LogP) is 3.59. The lowest BCUT2D eigenvalue weighted by molar-refractivity contribution is -0.145. The molecule has 2 heterocycles. The Balaban J connectivity index is 1.57. The summed E-state index contributed by atoms with van der Waals surface area (Å²) in [7, 11) is 1.55. The Morgan fingerprint density at radius 2 is 1.90 bits per heavy atom. The van der Waals surface area contributed by atoms with Crippen molar-refractivity contribution in [3.05, 3.63) is 51.5 Å². The standard InChI is InChI=1S/C21H23N5O4S/c1-12-10-14(13(2)31-12)16(27)8-9-19(28)30-11-18-24-20(22)26-21(25-18)23-15-6-4-5-7-17(15)29-3/h4-7,10H,8-9,11H2,1-3H3,(H3,22,23,24,25,26). The predicted molar refractivity (Wildman–Crippen MR) is 118 cm³/mol. The second kappa shape index (κ2) is 9.98. The number of hydrogen-bond acceptors (Lipinski definition) is 10. The number of thiophene rings is 1. The number of nitrogens with two attached hydrogens (primary N) is 1. The number of carbonyl (C=O) groups excluding carboxylic acids is 2. The van der Waals surface area contributed by atoms with Crippen LogP contribution in [0, 0.1) is 13.8 Å². The number of benzene rings is 1. The quantitative estimate of drug-likeness (QED) is 0.378. The van der Waals surface area contributed by atoms with E-state index in [0.29, 0.717) is 17.0 Å². The third kappa shape index (κ3) is 5.98. The Bertz CT molecular complexity index is 1100. The first kappa shape index (κ1) is 22.2. The summed E-state index contributed by atoms with van der Waals surface area (Å²) < 4.78 is 10.5. The number of hydrogen-bond donors (Lipinski definition) is 2. The monoisotopic (exact) mass is 441 g/mol. The maximum atomic E-state index is 12.3. The van der Waals surface area contributed by atoms with Gasteiger partial charge in [-0.3, -0.25) is 9.59 Å². The van der Waals surface area contributed by atoms with E-state index in [1.165, 1.54) is 0 Å². The summed E-state index contributed by atoms with van der Waals surface area (Å²) in [6.45, 7) is 3.65. The van der Waals surface area contributed by atoms with E-state index in [0.717, 1.165) is 9.75 Å². The average molecular weight is 442 g/mol.